The summed E-state index contributed by atoms with van der Waals surface area (Å²) in [6.45, 7) is 1.97. The summed E-state index contributed by atoms with van der Waals surface area (Å²) < 4.78 is 0. The Hall–Kier alpha value is -3.18. The van der Waals surface area contributed by atoms with Crippen LogP contribution in [0.2, 0.25) is 0 Å². The zero-order valence-electron chi connectivity index (χ0n) is 16.3. The molecule has 29 heavy (non-hydrogen) atoms. The third kappa shape index (κ3) is 6.43. The van der Waals surface area contributed by atoms with Gasteiger partial charge in [0.15, 0.2) is 0 Å². The van der Waals surface area contributed by atoms with Crippen molar-refractivity contribution < 1.29 is 9.59 Å². The number of rotatable bonds is 8. The van der Waals surface area contributed by atoms with Crippen LogP contribution in [-0.4, -0.2) is 17.9 Å². The Labute approximate surface area is 175 Å². The second kappa shape index (κ2) is 10.4. The number of aryl methyl sites for hydroxylation is 1. The van der Waals surface area contributed by atoms with E-state index in [0.717, 1.165) is 17.7 Å². The number of nitrogens with one attached hydrogen (secondary N) is 2. The number of benzene rings is 2. The molecule has 0 unspecified atom stereocenters. The van der Waals surface area contributed by atoms with Gasteiger partial charge in [-0.2, -0.15) is 0 Å². The maximum absolute atomic E-state index is 12.9. The number of amides is 2. The molecule has 0 fully saturated rings. The highest BCUT2D eigenvalue weighted by Crippen LogP contribution is 2.14. The van der Waals surface area contributed by atoms with Crippen LogP contribution in [0.15, 0.2) is 83.9 Å². The van der Waals surface area contributed by atoms with Gasteiger partial charge in [0, 0.05) is 16.5 Å². The van der Waals surface area contributed by atoms with Crippen molar-refractivity contribution in [3.05, 3.63) is 99.9 Å². The van der Waals surface area contributed by atoms with E-state index in [-0.39, 0.29) is 23.6 Å². The molecule has 0 spiro atoms. The van der Waals surface area contributed by atoms with Crippen molar-refractivity contribution in [3.63, 3.8) is 0 Å². The summed E-state index contributed by atoms with van der Waals surface area (Å²) >= 11 is 1.51. The van der Waals surface area contributed by atoms with Crippen LogP contribution >= 0.6 is 11.3 Å². The molecule has 0 aliphatic carbocycles. The Morgan fingerprint density at radius 3 is 2.31 bits per heavy atom. The third-order valence-corrected chi connectivity index (χ3v) is 5.26. The maximum atomic E-state index is 12.9. The Morgan fingerprint density at radius 2 is 1.66 bits per heavy atom. The van der Waals surface area contributed by atoms with Crippen molar-refractivity contribution >= 4 is 29.2 Å². The first kappa shape index (κ1) is 20.6. The number of carbonyl (C=O) groups excluding carboxylic acids is 2. The fraction of sp³-hybridized carbons (Fsp3) is 0.167. The Bertz CT molecular complexity index is 951. The standard InChI is InChI=1S/C24H24N2O2S/c1-18(14-15-19-9-4-2-5-10-19)25-24(28)22(17-21-13-8-16-29-21)26-23(27)20-11-6-3-7-12-20/h2-13,16-18H,14-15H2,1H3,(H,25,28)(H,26,27)/b22-17-/t18-/m1/s1. The monoisotopic (exact) mass is 404 g/mol. The minimum atomic E-state index is -0.305. The van der Waals surface area contributed by atoms with Crippen molar-refractivity contribution in [2.45, 2.75) is 25.8 Å². The number of carbonyl (C=O) groups is 2. The van der Waals surface area contributed by atoms with Crippen LogP contribution in [0.1, 0.15) is 34.1 Å². The lowest BCUT2D eigenvalue weighted by atomic mass is 10.1. The second-order valence-electron chi connectivity index (χ2n) is 6.79. The molecule has 0 aliphatic rings. The highest BCUT2D eigenvalue weighted by atomic mass is 32.1. The Morgan fingerprint density at radius 1 is 0.966 bits per heavy atom. The quantitative estimate of drug-likeness (QED) is 0.537. The highest BCUT2D eigenvalue weighted by Gasteiger charge is 2.16. The lowest BCUT2D eigenvalue weighted by Gasteiger charge is -2.16. The second-order valence-corrected chi connectivity index (χ2v) is 7.77. The summed E-state index contributed by atoms with van der Waals surface area (Å²) in [7, 11) is 0. The van der Waals surface area contributed by atoms with Gasteiger partial charge in [-0.3, -0.25) is 9.59 Å². The predicted molar refractivity (Wildman–Crippen MR) is 119 cm³/mol. The van der Waals surface area contributed by atoms with E-state index in [1.807, 2.05) is 48.7 Å². The minimum Gasteiger partial charge on any atom is -0.348 e. The molecule has 0 bridgehead atoms. The molecule has 0 saturated heterocycles. The zero-order chi connectivity index (χ0) is 20.5. The normalized spacial score (nSPS) is 12.2. The maximum Gasteiger partial charge on any atom is 0.268 e. The summed E-state index contributed by atoms with van der Waals surface area (Å²) in [5.74, 6) is -0.594. The van der Waals surface area contributed by atoms with Gasteiger partial charge < -0.3 is 10.6 Å². The SMILES string of the molecule is C[C@H](CCc1ccccc1)NC(=O)/C(=C/c1cccs1)NC(=O)c1ccccc1. The summed E-state index contributed by atoms with van der Waals surface area (Å²) in [5, 5.41) is 7.70. The largest absolute Gasteiger partial charge is 0.348 e. The van der Waals surface area contributed by atoms with Crippen LogP contribution in [0.4, 0.5) is 0 Å². The van der Waals surface area contributed by atoms with E-state index in [0.29, 0.717) is 5.56 Å². The molecule has 4 nitrogen and oxygen atoms in total. The molecule has 1 heterocycles. The molecule has 0 radical (unpaired) electrons. The number of hydrogen-bond acceptors (Lipinski definition) is 3. The summed E-state index contributed by atoms with van der Waals surface area (Å²) in [5.41, 5.74) is 1.99. The van der Waals surface area contributed by atoms with Gasteiger partial charge >= 0.3 is 0 Å². The van der Waals surface area contributed by atoms with Crippen LogP contribution in [-0.2, 0) is 11.2 Å². The van der Waals surface area contributed by atoms with Gasteiger partial charge in [0.25, 0.3) is 11.8 Å². The molecule has 148 valence electrons. The molecular formula is C24H24N2O2S. The van der Waals surface area contributed by atoms with Crippen molar-refractivity contribution in [1.29, 1.82) is 0 Å². The molecule has 0 saturated carbocycles. The highest BCUT2D eigenvalue weighted by molar-refractivity contribution is 7.10. The molecule has 2 aromatic carbocycles. The topological polar surface area (TPSA) is 58.2 Å². The van der Waals surface area contributed by atoms with Gasteiger partial charge in [-0.1, -0.05) is 54.6 Å². The average Bonchev–Trinajstić information content (AvgIpc) is 3.26. The summed E-state index contributed by atoms with van der Waals surface area (Å²) in [6.07, 6.45) is 3.40. The molecule has 3 rings (SSSR count). The van der Waals surface area contributed by atoms with Crippen molar-refractivity contribution in [1.82, 2.24) is 10.6 Å². The van der Waals surface area contributed by atoms with Gasteiger partial charge in [0.2, 0.25) is 0 Å². The van der Waals surface area contributed by atoms with Gasteiger partial charge in [-0.25, -0.2) is 0 Å². The molecule has 2 N–H and O–H groups in total. The van der Waals surface area contributed by atoms with Gasteiger partial charge in [0.05, 0.1) is 0 Å². The van der Waals surface area contributed by atoms with Crippen molar-refractivity contribution in [2.75, 3.05) is 0 Å². The number of hydrogen-bond donors (Lipinski definition) is 2. The van der Waals surface area contributed by atoms with Crippen molar-refractivity contribution in [2.24, 2.45) is 0 Å². The molecular weight excluding hydrogens is 380 g/mol. The van der Waals surface area contributed by atoms with E-state index in [4.69, 9.17) is 0 Å². The average molecular weight is 405 g/mol. The van der Waals surface area contributed by atoms with Gasteiger partial charge in [-0.05, 0) is 55.0 Å². The van der Waals surface area contributed by atoms with E-state index in [2.05, 4.69) is 22.8 Å². The minimum absolute atomic E-state index is 0.0249. The molecule has 3 aromatic rings. The van der Waals surface area contributed by atoms with Crippen LogP contribution in [0.3, 0.4) is 0 Å². The number of thiophene rings is 1. The van der Waals surface area contributed by atoms with Crippen LogP contribution in [0.5, 0.6) is 0 Å². The van der Waals surface area contributed by atoms with Crippen LogP contribution < -0.4 is 10.6 Å². The van der Waals surface area contributed by atoms with E-state index in [1.54, 1.807) is 30.3 Å². The predicted octanol–water partition coefficient (Wildman–Crippen LogP) is 4.66. The molecule has 1 atom stereocenters. The Kier molecular flexibility index (Phi) is 7.36. The first-order valence-electron chi connectivity index (χ1n) is 9.58. The molecule has 2 amide bonds. The lowest BCUT2D eigenvalue weighted by Crippen LogP contribution is -2.39. The third-order valence-electron chi connectivity index (χ3n) is 4.44. The van der Waals surface area contributed by atoms with E-state index >= 15 is 0 Å². The smallest absolute Gasteiger partial charge is 0.268 e. The van der Waals surface area contributed by atoms with Crippen molar-refractivity contribution in [3.8, 4) is 0 Å². The van der Waals surface area contributed by atoms with Gasteiger partial charge in [0.1, 0.15) is 5.70 Å². The van der Waals surface area contributed by atoms with E-state index in [1.165, 1.54) is 16.9 Å². The summed E-state index contributed by atoms with van der Waals surface area (Å²) in [4.78, 5) is 26.3. The fourth-order valence-corrected chi connectivity index (χ4v) is 3.52. The Balaban J connectivity index is 1.66. The van der Waals surface area contributed by atoms with E-state index < -0.39 is 0 Å². The summed E-state index contributed by atoms with van der Waals surface area (Å²) in [6, 6.07) is 22.9. The fourth-order valence-electron chi connectivity index (χ4n) is 2.86. The lowest BCUT2D eigenvalue weighted by molar-refractivity contribution is -0.118. The van der Waals surface area contributed by atoms with Gasteiger partial charge in [-0.15, -0.1) is 11.3 Å². The molecule has 1 aromatic heterocycles. The first-order chi connectivity index (χ1) is 14.1. The first-order valence-corrected chi connectivity index (χ1v) is 10.5. The molecule has 0 aliphatic heterocycles. The molecule has 5 heteroatoms. The van der Waals surface area contributed by atoms with Crippen LogP contribution in [0.25, 0.3) is 6.08 Å². The zero-order valence-corrected chi connectivity index (χ0v) is 17.1. The van der Waals surface area contributed by atoms with Crippen LogP contribution in [0, 0.1) is 0 Å². The van der Waals surface area contributed by atoms with E-state index in [9.17, 15) is 9.59 Å².